The van der Waals surface area contributed by atoms with E-state index in [0.29, 0.717) is 17.9 Å². The van der Waals surface area contributed by atoms with Crippen molar-refractivity contribution in [3.05, 3.63) is 53.8 Å². The van der Waals surface area contributed by atoms with Gasteiger partial charge in [0.15, 0.2) is 6.10 Å². The van der Waals surface area contributed by atoms with Crippen molar-refractivity contribution < 1.29 is 18.7 Å². The molecule has 2 amide bonds. The van der Waals surface area contributed by atoms with Crippen LogP contribution in [0.1, 0.15) is 18.9 Å². The molecule has 0 saturated carbocycles. The standard InChI is InChI=1S/C21H24FN3O3/c1-3-9-23-21(27)19-12-25(17-8-7-15(22)11-18(17)28-19)13-20(26)24-16-6-4-5-14(2)10-16/h4-8,10-11,19H,3,9,12-13H2,1-2H3,(H,23,27)(H,24,26). The lowest BCUT2D eigenvalue weighted by atomic mass is 10.1. The van der Waals surface area contributed by atoms with Gasteiger partial charge in [-0.3, -0.25) is 9.59 Å². The van der Waals surface area contributed by atoms with Crippen molar-refractivity contribution in [2.75, 3.05) is 29.9 Å². The van der Waals surface area contributed by atoms with Crippen LogP contribution in [0.25, 0.3) is 0 Å². The van der Waals surface area contributed by atoms with Crippen LogP contribution in [0.3, 0.4) is 0 Å². The second-order valence-electron chi connectivity index (χ2n) is 6.81. The molecule has 0 spiro atoms. The van der Waals surface area contributed by atoms with Crippen LogP contribution in [0, 0.1) is 12.7 Å². The lowest BCUT2D eigenvalue weighted by Gasteiger charge is -2.35. The van der Waals surface area contributed by atoms with Gasteiger partial charge in [-0.2, -0.15) is 0 Å². The number of aryl methyl sites for hydroxylation is 1. The van der Waals surface area contributed by atoms with Crippen LogP contribution in [-0.2, 0) is 9.59 Å². The third-order valence-corrected chi connectivity index (χ3v) is 4.40. The molecule has 6 nitrogen and oxygen atoms in total. The van der Waals surface area contributed by atoms with Gasteiger partial charge >= 0.3 is 0 Å². The molecule has 0 saturated heterocycles. The number of benzene rings is 2. The van der Waals surface area contributed by atoms with E-state index in [4.69, 9.17) is 4.74 Å². The summed E-state index contributed by atoms with van der Waals surface area (Å²) < 4.78 is 19.4. The summed E-state index contributed by atoms with van der Waals surface area (Å²) in [6, 6.07) is 11.6. The van der Waals surface area contributed by atoms with Crippen molar-refractivity contribution in [1.82, 2.24) is 5.32 Å². The zero-order valence-corrected chi connectivity index (χ0v) is 16.0. The number of fused-ring (bicyclic) bond motifs is 1. The molecule has 28 heavy (non-hydrogen) atoms. The fourth-order valence-electron chi connectivity index (χ4n) is 3.08. The molecule has 2 aromatic carbocycles. The number of carbonyl (C=O) groups is 2. The minimum atomic E-state index is -0.812. The Labute approximate surface area is 163 Å². The fraction of sp³-hybridized carbons (Fsp3) is 0.333. The van der Waals surface area contributed by atoms with E-state index in [0.717, 1.165) is 12.0 Å². The van der Waals surface area contributed by atoms with Crippen molar-refractivity contribution in [2.24, 2.45) is 0 Å². The molecule has 7 heteroatoms. The highest BCUT2D eigenvalue weighted by molar-refractivity contribution is 5.95. The number of amides is 2. The maximum Gasteiger partial charge on any atom is 0.262 e. The van der Waals surface area contributed by atoms with Crippen LogP contribution in [-0.4, -0.2) is 37.6 Å². The Kier molecular flexibility index (Phi) is 6.13. The van der Waals surface area contributed by atoms with Gasteiger partial charge < -0.3 is 20.3 Å². The zero-order valence-electron chi connectivity index (χ0n) is 16.0. The summed E-state index contributed by atoms with van der Waals surface area (Å²) in [4.78, 5) is 26.6. The molecule has 0 radical (unpaired) electrons. The van der Waals surface area contributed by atoms with E-state index in [-0.39, 0.29) is 30.7 Å². The lowest BCUT2D eigenvalue weighted by Crippen LogP contribution is -2.50. The van der Waals surface area contributed by atoms with Crippen LogP contribution in [0.2, 0.25) is 0 Å². The number of ether oxygens (including phenoxy) is 1. The summed E-state index contributed by atoms with van der Waals surface area (Å²) in [5.74, 6) is -0.708. The Bertz CT molecular complexity index is 872. The van der Waals surface area contributed by atoms with E-state index < -0.39 is 11.9 Å². The molecular formula is C21H24FN3O3. The van der Waals surface area contributed by atoms with Gasteiger partial charge in [-0.25, -0.2) is 4.39 Å². The number of carbonyl (C=O) groups excluding carboxylic acids is 2. The van der Waals surface area contributed by atoms with Gasteiger partial charge in [0.05, 0.1) is 18.8 Å². The van der Waals surface area contributed by atoms with Crippen LogP contribution in [0.4, 0.5) is 15.8 Å². The van der Waals surface area contributed by atoms with E-state index in [2.05, 4.69) is 10.6 Å². The summed E-state index contributed by atoms with van der Waals surface area (Å²) in [6.07, 6.45) is -0.0145. The van der Waals surface area contributed by atoms with Crippen molar-refractivity contribution in [1.29, 1.82) is 0 Å². The average molecular weight is 385 g/mol. The van der Waals surface area contributed by atoms with Crippen LogP contribution < -0.4 is 20.3 Å². The monoisotopic (exact) mass is 385 g/mol. The average Bonchev–Trinajstić information content (AvgIpc) is 2.65. The Balaban J connectivity index is 1.76. The van der Waals surface area contributed by atoms with Gasteiger partial charge in [0, 0.05) is 18.3 Å². The Morgan fingerprint density at radius 3 is 2.82 bits per heavy atom. The van der Waals surface area contributed by atoms with E-state index in [1.165, 1.54) is 12.1 Å². The predicted molar refractivity (Wildman–Crippen MR) is 106 cm³/mol. The molecule has 1 unspecified atom stereocenters. The number of nitrogens with one attached hydrogen (secondary N) is 2. The zero-order chi connectivity index (χ0) is 20.1. The third-order valence-electron chi connectivity index (χ3n) is 4.40. The second kappa shape index (κ2) is 8.73. The summed E-state index contributed by atoms with van der Waals surface area (Å²) in [5.41, 5.74) is 2.33. The topological polar surface area (TPSA) is 70.7 Å². The van der Waals surface area contributed by atoms with Crippen LogP contribution in [0.15, 0.2) is 42.5 Å². The van der Waals surface area contributed by atoms with Crippen LogP contribution in [0.5, 0.6) is 5.75 Å². The molecule has 2 N–H and O–H groups in total. The largest absolute Gasteiger partial charge is 0.476 e. The van der Waals surface area contributed by atoms with Crippen LogP contribution >= 0.6 is 0 Å². The highest BCUT2D eigenvalue weighted by atomic mass is 19.1. The molecule has 148 valence electrons. The van der Waals surface area contributed by atoms with Gasteiger partial charge in [0.25, 0.3) is 5.91 Å². The first-order valence-corrected chi connectivity index (χ1v) is 9.31. The fourth-order valence-corrected chi connectivity index (χ4v) is 3.08. The minimum Gasteiger partial charge on any atom is -0.476 e. The van der Waals surface area contributed by atoms with Gasteiger partial charge in [-0.1, -0.05) is 19.1 Å². The molecule has 3 rings (SSSR count). The van der Waals surface area contributed by atoms with E-state index in [1.54, 1.807) is 11.0 Å². The summed E-state index contributed by atoms with van der Waals surface area (Å²) in [5, 5.41) is 5.64. The highest BCUT2D eigenvalue weighted by Gasteiger charge is 2.31. The molecule has 2 aromatic rings. The maximum atomic E-state index is 13.7. The van der Waals surface area contributed by atoms with Gasteiger partial charge in [-0.15, -0.1) is 0 Å². The first kappa shape index (κ1) is 19.7. The Hall–Kier alpha value is -3.09. The first-order chi connectivity index (χ1) is 13.5. The molecular weight excluding hydrogens is 361 g/mol. The van der Waals surface area contributed by atoms with E-state index >= 15 is 0 Å². The molecule has 0 aliphatic carbocycles. The molecule has 1 atom stereocenters. The summed E-state index contributed by atoms with van der Waals surface area (Å²) in [7, 11) is 0. The second-order valence-corrected chi connectivity index (χ2v) is 6.81. The molecule has 0 aromatic heterocycles. The molecule has 0 bridgehead atoms. The molecule has 1 heterocycles. The van der Waals surface area contributed by atoms with Gasteiger partial charge in [0.2, 0.25) is 5.91 Å². The normalized spacial score (nSPS) is 15.4. The minimum absolute atomic E-state index is 0.0213. The van der Waals surface area contributed by atoms with Crippen molar-refractivity contribution in [3.63, 3.8) is 0 Å². The quantitative estimate of drug-likeness (QED) is 0.802. The SMILES string of the molecule is CCCNC(=O)C1CN(CC(=O)Nc2cccc(C)c2)c2ccc(F)cc2O1. The molecule has 0 fully saturated rings. The van der Waals surface area contributed by atoms with E-state index in [1.807, 2.05) is 38.1 Å². The first-order valence-electron chi connectivity index (χ1n) is 9.31. The van der Waals surface area contributed by atoms with Crippen molar-refractivity contribution >= 4 is 23.2 Å². The summed E-state index contributed by atoms with van der Waals surface area (Å²) in [6.45, 7) is 4.65. The van der Waals surface area contributed by atoms with E-state index in [9.17, 15) is 14.0 Å². The summed E-state index contributed by atoms with van der Waals surface area (Å²) >= 11 is 0. The molecule has 1 aliphatic rings. The Morgan fingerprint density at radius 2 is 2.07 bits per heavy atom. The Morgan fingerprint density at radius 1 is 1.25 bits per heavy atom. The number of hydrogen-bond acceptors (Lipinski definition) is 4. The lowest BCUT2D eigenvalue weighted by molar-refractivity contribution is -0.128. The highest BCUT2D eigenvalue weighted by Crippen LogP contribution is 2.34. The van der Waals surface area contributed by atoms with Crippen molar-refractivity contribution in [3.8, 4) is 5.75 Å². The number of anilines is 2. The predicted octanol–water partition coefficient (Wildman–Crippen LogP) is 2.87. The number of halogens is 1. The smallest absolute Gasteiger partial charge is 0.262 e. The van der Waals surface area contributed by atoms with Gasteiger partial charge in [0.1, 0.15) is 11.6 Å². The number of rotatable bonds is 6. The molecule has 1 aliphatic heterocycles. The van der Waals surface area contributed by atoms with Gasteiger partial charge in [-0.05, 0) is 43.2 Å². The number of nitrogens with zero attached hydrogens (tertiary/aromatic N) is 1. The maximum absolute atomic E-state index is 13.7. The van der Waals surface area contributed by atoms with Crippen molar-refractivity contribution in [2.45, 2.75) is 26.4 Å². The number of hydrogen-bond donors (Lipinski definition) is 2. The third kappa shape index (κ3) is 4.79.